The summed E-state index contributed by atoms with van der Waals surface area (Å²) in [6, 6.07) is 8.99. The molecule has 1 aromatic rings. The summed E-state index contributed by atoms with van der Waals surface area (Å²) in [5.74, 6) is 0.879. The normalized spacial score (nSPS) is 21.4. The van der Waals surface area contributed by atoms with Gasteiger partial charge in [0.25, 0.3) is 0 Å². The van der Waals surface area contributed by atoms with Gasteiger partial charge in [0, 0.05) is 26.1 Å². The third kappa shape index (κ3) is 4.42. The Hall–Kier alpha value is -1.39. The lowest BCUT2D eigenvalue weighted by atomic mass is 9.77. The lowest BCUT2D eigenvalue weighted by Gasteiger charge is -2.43. The van der Waals surface area contributed by atoms with Gasteiger partial charge >= 0.3 is 0 Å². The highest BCUT2D eigenvalue weighted by Crippen LogP contribution is 2.42. The molecule has 0 saturated heterocycles. The molecule has 0 aromatic heterocycles. The van der Waals surface area contributed by atoms with E-state index >= 15 is 0 Å². The summed E-state index contributed by atoms with van der Waals surface area (Å²) in [5.41, 5.74) is 2.82. The van der Waals surface area contributed by atoms with E-state index in [0.717, 1.165) is 19.5 Å². The molecule has 1 aliphatic carbocycles. The minimum atomic E-state index is 0.145. The molecule has 1 N–H and O–H groups in total. The first-order chi connectivity index (χ1) is 12.2. The zero-order valence-corrected chi connectivity index (χ0v) is 15.5. The van der Waals surface area contributed by atoms with Crippen LogP contribution in [-0.2, 0) is 11.2 Å². The van der Waals surface area contributed by atoms with Gasteiger partial charge in [0.15, 0.2) is 0 Å². The lowest BCUT2D eigenvalue weighted by Crippen LogP contribution is -2.44. The fourth-order valence-electron chi connectivity index (χ4n) is 4.55. The second-order valence-corrected chi connectivity index (χ2v) is 7.66. The van der Waals surface area contributed by atoms with E-state index in [2.05, 4.69) is 29.2 Å². The number of fused-ring (bicyclic) bond motifs is 1. The molecule has 138 valence electrons. The van der Waals surface area contributed by atoms with Crippen LogP contribution < -0.4 is 0 Å². The van der Waals surface area contributed by atoms with E-state index in [4.69, 9.17) is 5.11 Å². The minimum absolute atomic E-state index is 0.145. The van der Waals surface area contributed by atoms with Crippen LogP contribution in [0.4, 0.5) is 0 Å². The number of carbonyl (C=O) groups is 1. The molecule has 1 amide bonds. The Balaban J connectivity index is 1.76. The molecule has 1 fully saturated rings. The molecule has 1 atom stereocenters. The Labute approximate surface area is 151 Å². The number of likely N-dealkylation sites (N-methyl/N-ethyl adjacent to an activating group) is 1. The molecule has 4 heteroatoms. The molecule has 1 aromatic carbocycles. The molecule has 25 heavy (non-hydrogen) atoms. The molecule has 3 rings (SSSR count). The van der Waals surface area contributed by atoms with Crippen LogP contribution in [0.1, 0.15) is 55.7 Å². The van der Waals surface area contributed by atoms with Crippen molar-refractivity contribution in [2.75, 3.05) is 33.3 Å². The Morgan fingerprint density at radius 1 is 1.20 bits per heavy atom. The van der Waals surface area contributed by atoms with E-state index in [9.17, 15) is 4.79 Å². The molecular weight excluding hydrogens is 312 g/mol. The van der Waals surface area contributed by atoms with E-state index in [1.165, 1.54) is 43.2 Å². The predicted molar refractivity (Wildman–Crippen MR) is 100 cm³/mol. The van der Waals surface area contributed by atoms with Gasteiger partial charge < -0.3 is 14.9 Å². The summed E-state index contributed by atoms with van der Waals surface area (Å²) in [4.78, 5) is 17.2. The van der Waals surface area contributed by atoms with Gasteiger partial charge in [0.05, 0.1) is 12.6 Å². The molecule has 0 bridgehead atoms. The number of aliphatic hydroxyl groups excluding tert-OH is 1. The second kappa shape index (κ2) is 8.81. The van der Waals surface area contributed by atoms with Crippen LogP contribution in [0.15, 0.2) is 24.3 Å². The molecule has 1 heterocycles. The summed E-state index contributed by atoms with van der Waals surface area (Å²) in [6.45, 7) is 2.34. The average molecular weight is 344 g/mol. The first-order valence-electron chi connectivity index (χ1n) is 9.87. The first-order valence-corrected chi connectivity index (χ1v) is 9.87. The van der Waals surface area contributed by atoms with Gasteiger partial charge in [-0.05, 0) is 43.4 Å². The zero-order valence-electron chi connectivity index (χ0n) is 15.5. The molecule has 1 saturated carbocycles. The Morgan fingerprint density at radius 2 is 1.96 bits per heavy atom. The quantitative estimate of drug-likeness (QED) is 0.863. The summed E-state index contributed by atoms with van der Waals surface area (Å²) >= 11 is 0. The summed E-state index contributed by atoms with van der Waals surface area (Å²) in [7, 11) is 1.97. The van der Waals surface area contributed by atoms with Gasteiger partial charge in [-0.25, -0.2) is 0 Å². The number of hydrogen-bond acceptors (Lipinski definition) is 3. The Morgan fingerprint density at radius 3 is 2.72 bits per heavy atom. The molecule has 1 unspecified atom stereocenters. The summed E-state index contributed by atoms with van der Waals surface area (Å²) < 4.78 is 0. The highest BCUT2D eigenvalue weighted by molar-refractivity contribution is 5.77. The Bertz CT molecular complexity index is 569. The largest absolute Gasteiger partial charge is 0.395 e. The van der Waals surface area contributed by atoms with E-state index in [0.29, 0.717) is 18.9 Å². The number of aliphatic hydroxyl groups is 1. The van der Waals surface area contributed by atoms with Crippen LogP contribution in [0.2, 0.25) is 0 Å². The van der Waals surface area contributed by atoms with Gasteiger partial charge in [0.1, 0.15) is 0 Å². The smallest absolute Gasteiger partial charge is 0.224 e. The maximum absolute atomic E-state index is 13.0. The maximum Gasteiger partial charge on any atom is 0.224 e. The molecule has 2 aliphatic rings. The fraction of sp³-hybridized carbons (Fsp3) is 0.667. The third-order valence-electron chi connectivity index (χ3n) is 5.94. The van der Waals surface area contributed by atoms with Crippen molar-refractivity contribution in [3.8, 4) is 0 Å². The molecule has 1 aliphatic heterocycles. The number of hydrogen-bond donors (Lipinski definition) is 1. The average Bonchev–Trinajstić information content (AvgIpc) is 2.66. The number of carbonyl (C=O) groups excluding carboxylic acids is 1. The van der Waals surface area contributed by atoms with Crippen LogP contribution >= 0.6 is 0 Å². The number of nitrogens with zero attached hydrogens (tertiary/aromatic N) is 2. The van der Waals surface area contributed by atoms with E-state index in [1.807, 2.05) is 11.9 Å². The van der Waals surface area contributed by atoms with Crippen LogP contribution in [-0.4, -0.2) is 54.1 Å². The van der Waals surface area contributed by atoms with Crippen LogP contribution in [0.3, 0.4) is 0 Å². The van der Waals surface area contributed by atoms with E-state index in [1.54, 1.807) is 0 Å². The van der Waals surface area contributed by atoms with Crippen LogP contribution in [0.25, 0.3) is 0 Å². The Kier molecular flexibility index (Phi) is 6.49. The van der Waals surface area contributed by atoms with Crippen LogP contribution in [0, 0.1) is 5.92 Å². The third-order valence-corrected chi connectivity index (χ3v) is 5.94. The van der Waals surface area contributed by atoms with Gasteiger partial charge in [-0.15, -0.1) is 0 Å². The summed E-state index contributed by atoms with van der Waals surface area (Å²) in [5, 5.41) is 9.04. The number of benzene rings is 1. The van der Waals surface area contributed by atoms with Crippen molar-refractivity contribution in [3.63, 3.8) is 0 Å². The van der Waals surface area contributed by atoms with Crippen molar-refractivity contribution < 1.29 is 9.90 Å². The SMILES string of the molecule is CN(CCO)CCC(=O)N1CCc2ccccc2C1C1CCCCC1. The topological polar surface area (TPSA) is 43.8 Å². The zero-order chi connectivity index (χ0) is 17.6. The van der Waals surface area contributed by atoms with Gasteiger partial charge in [0.2, 0.25) is 5.91 Å². The van der Waals surface area contributed by atoms with Crippen molar-refractivity contribution >= 4 is 5.91 Å². The maximum atomic E-state index is 13.0. The van der Waals surface area contributed by atoms with Gasteiger partial charge in [-0.2, -0.15) is 0 Å². The predicted octanol–water partition coefficient (Wildman–Crippen LogP) is 3.01. The molecule has 0 spiro atoms. The standard InChI is InChI=1S/C21H32N2O2/c1-22(15-16-24)13-12-20(25)23-14-11-17-7-5-6-10-19(17)21(23)18-8-3-2-4-9-18/h5-7,10,18,21,24H,2-4,8-9,11-16H2,1H3. The highest BCUT2D eigenvalue weighted by atomic mass is 16.3. The van der Waals surface area contributed by atoms with Crippen molar-refractivity contribution in [2.24, 2.45) is 5.92 Å². The number of amides is 1. The summed E-state index contributed by atoms with van der Waals surface area (Å²) in [6.07, 6.45) is 7.93. The van der Waals surface area contributed by atoms with Crippen LogP contribution in [0.5, 0.6) is 0 Å². The minimum Gasteiger partial charge on any atom is -0.395 e. The first kappa shape index (κ1) is 18.4. The second-order valence-electron chi connectivity index (χ2n) is 7.66. The van der Waals surface area contributed by atoms with Crippen molar-refractivity contribution in [1.29, 1.82) is 0 Å². The van der Waals surface area contributed by atoms with Crippen molar-refractivity contribution in [3.05, 3.63) is 35.4 Å². The van der Waals surface area contributed by atoms with Crippen molar-refractivity contribution in [1.82, 2.24) is 9.80 Å². The monoisotopic (exact) mass is 344 g/mol. The molecule has 4 nitrogen and oxygen atoms in total. The van der Waals surface area contributed by atoms with Gasteiger partial charge in [-0.3, -0.25) is 4.79 Å². The van der Waals surface area contributed by atoms with Gasteiger partial charge in [-0.1, -0.05) is 43.5 Å². The van der Waals surface area contributed by atoms with E-state index < -0.39 is 0 Å². The highest BCUT2D eigenvalue weighted by Gasteiger charge is 2.36. The molecular formula is C21H32N2O2. The number of rotatable bonds is 6. The fourth-order valence-corrected chi connectivity index (χ4v) is 4.55. The lowest BCUT2D eigenvalue weighted by molar-refractivity contribution is -0.136. The van der Waals surface area contributed by atoms with E-state index in [-0.39, 0.29) is 18.6 Å². The molecule has 0 radical (unpaired) electrons. The van der Waals surface area contributed by atoms with Crippen molar-refractivity contribution in [2.45, 2.75) is 51.0 Å².